The molecule has 3 fully saturated rings. The van der Waals surface area contributed by atoms with Gasteiger partial charge < -0.3 is 14.4 Å². The molecule has 1 amide bonds. The van der Waals surface area contributed by atoms with E-state index in [1.165, 1.54) is 12.3 Å². The summed E-state index contributed by atoms with van der Waals surface area (Å²) >= 11 is 0. The molecule has 0 spiro atoms. The maximum absolute atomic E-state index is 13.5. The van der Waals surface area contributed by atoms with E-state index < -0.39 is 5.95 Å². The standard InChI is InChI=1S/C22H22FN5O2/c1-3-26-12-18(20(29)17-5-4-13(2)25-21(17)26)22(30)28-15-8-16(28)11-27(10-15)14-6-7-24-19(23)9-14/h4-7,9,12,15-16H,3,8,10-11H2,1-2H3. The molecule has 0 radical (unpaired) electrons. The lowest BCUT2D eigenvalue weighted by molar-refractivity contribution is 0.00575. The highest BCUT2D eigenvalue weighted by molar-refractivity contribution is 5.98. The quantitative estimate of drug-likeness (QED) is 0.624. The first-order valence-electron chi connectivity index (χ1n) is 10.2. The molecule has 8 heteroatoms. The molecular weight excluding hydrogens is 385 g/mol. The monoisotopic (exact) mass is 407 g/mol. The second-order valence-electron chi connectivity index (χ2n) is 7.98. The van der Waals surface area contributed by atoms with Gasteiger partial charge in [-0.1, -0.05) is 0 Å². The molecule has 7 nitrogen and oxygen atoms in total. The van der Waals surface area contributed by atoms with Gasteiger partial charge in [-0.3, -0.25) is 9.59 Å². The molecule has 3 aliphatic rings. The number of carbonyl (C=O) groups excluding carboxylic acids is 1. The number of nitrogens with zero attached hydrogens (tertiary/aromatic N) is 5. The normalized spacial score (nSPS) is 20.4. The zero-order valence-corrected chi connectivity index (χ0v) is 16.9. The maximum atomic E-state index is 13.5. The van der Waals surface area contributed by atoms with Crippen molar-refractivity contribution in [1.82, 2.24) is 19.4 Å². The number of hydrogen-bond acceptors (Lipinski definition) is 5. The van der Waals surface area contributed by atoms with Gasteiger partial charge in [-0.25, -0.2) is 9.97 Å². The highest BCUT2D eigenvalue weighted by Gasteiger charge is 2.48. The molecule has 30 heavy (non-hydrogen) atoms. The highest BCUT2D eigenvalue weighted by atomic mass is 19.1. The minimum atomic E-state index is -0.514. The Kier molecular flexibility index (Phi) is 4.30. The van der Waals surface area contributed by atoms with E-state index in [-0.39, 0.29) is 29.0 Å². The number of anilines is 1. The number of halogens is 1. The van der Waals surface area contributed by atoms with Gasteiger partial charge in [0.05, 0.1) is 17.5 Å². The van der Waals surface area contributed by atoms with Crippen molar-refractivity contribution in [3.63, 3.8) is 0 Å². The molecule has 154 valence electrons. The van der Waals surface area contributed by atoms with Gasteiger partial charge in [-0.05, 0) is 38.5 Å². The lowest BCUT2D eigenvalue weighted by Crippen LogP contribution is -2.70. The second kappa shape index (κ2) is 6.90. The summed E-state index contributed by atoms with van der Waals surface area (Å²) in [4.78, 5) is 38.4. The van der Waals surface area contributed by atoms with Crippen LogP contribution in [-0.4, -0.2) is 50.5 Å². The summed E-state index contributed by atoms with van der Waals surface area (Å²) in [7, 11) is 0. The minimum absolute atomic E-state index is 0.00814. The fraction of sp³-hybridized carbons (Fsp3) is 0.364. The van der Waals surface area contributed by atoms with Crippen LogP contribution < -0.4 is 10.3 Å². The van der Waals surface area contributed by atoms with Crippen LogP contribution in [0.25, 0.3) is 11.0 Å². The van der Waals surface area contributed by atoms with Crippen LogP contribution in [0.2, 0.25) is 0 Å². The van der Waals surface area contributed by atoms with E-state index in [1.807, 2.05) is 23.3 Å². The Morgan fingerprint density at radius 1 is 1.23 bits per heavy atom. The Morgan fingerprint density at radius 3 is 2.70 bits per heavy atom. The summed E-state index contributed by atoms with van der Waals surface area (Å²) in [5, 5.41) is 0.466. The number of aryl methyl sites for hydroxylation is 2. The van der Waals surface area contributed by atoms with E-state index in [0.29, 0.717) is 30.7 Å². The van der Waals surface area contributed by atoms with E-state index in [1.54, 1.807) is 24.4 Å². The molecule has 0 saturated carbocycles. The van der Waals surface area contributed by atoms with Crippen molar-refractivity contribution < 1.29 is 9.18 Å². The van der Waals surface area contributed by atoms with Crippen LogP contribution in [0.15, 0.2) is 41.5 Å². The van der Waals surface area contributed by atoms with E-state index in [2.05, 4.69) is 14.9 Å². The fourth-order valence-corrected chi connectivity index (χ4v) is 4.63. The number of pyridine rings is 3. The average Bonchev–Trinajstić information content (AvgIpc) is 2.74. The number of piperidine rings is 1. The number of rotatable bonds is 3. The topological polar surface area (TPSA) is 71.3 Å². The first kappa shape index (κ1) is 18.7. The Labute approximate surface area is 172 Å². The molecule has 6 heterocycles. The summed E-state index contributed by atoms with van der Waals surface area (Å²) in [6.45, 7) is 5.68. The van der Waals surface area contributed by atoms with Gasteiger partial charge in [0.1, 0.15) is 11.2 Å². The first-order valence-corrected chi connectivity index (χ1v) is 10.2. The number of hydrogen-bond donors (Lipinski definition) is 0. The van der Waals surface area contributed by atoms with Gasteiger partial charge in [-0.15, -0.1) is 0 Å². The number of piperazine rings is 1. The predicted molar refractivity (Wildman–Crippen MR) is 111 cm³/mol. The molecule has 0 aliphatic carbocycles. The molecule has 3 saturated heterocycles. The third-order valence-corrected chi connectivity index (χ3v) is 6.13. The molecule has 2 unspecified atom stereocenters. The Bertz CT molecular complexity index is 1210. The number of carbonyl (C=O) groups is 1. The van der Waals surface area contributed by atoms with Crippen molar-refractivity contribution in [3.05, 3.63) is 64.1 Å². The molecule has 3 aliphatic heterocycles. The van der Waals surface area contributed by atoms with Gasteiger partial charge in [0.15, 0.2) is 0 Å². The average molecular weight is 407 g/mol. The predicted octanol–water partition coefficient (Wildman–Crippen LogP) is 2.36. The van der Waals surface area contributed by atoms with Crippen molar-refractivity contribution in [2.75, 3.05) is 18.0 Å². The van der Waals surface area contributed by atoms with Crippen LogP contribution in [0.5, 0.6) is 0 Å². The van der Waals surface area contributed by atoms with Crippen molar-refractivity contribution >= 4 is 22.6 Å². The maximum Gasteiger partial charge on any atom is 0.259 e. The van der Waals surface area contributed by atoms with Gasteiger partial charge in [0, 0.05) is 49.5 Å². The Balaban J connectivity index is 1.45. The summed E-state index contributed by atoms with van der Waals surface area (Å²) in [6, 6.07) is 6.75. The van der Waals surface area contributed by atoms with Gasteiger partial charge in [-0.2, -0.15) is 4.39 Å². The summed E-state index contributed by atoms with van der Waals surface area (Å²) in [5.74, 6) is -0.744. The van der Waals surface area contributed by atoms with Gasteiger partial charge in [0.2, 0.25) is 11.4 Å². The van der Waals surface area contributed by atoms with Crippen molar-refractivity contribution in [3.8, 4) is 0 Å². The number of amides is 1. The van der Waals surface area contributed by atoms with Gasteiger partial charge >= 0.3 is 0 Å². The molecular formula is C22H22FN5O2. The molecule has 2 atom stereocenters. The third kappa shape index (κ3) is 2.86. The molecule has 0 N–H and O–H groups in total. The highest BCUT2D eigenvalue weighted by Crippen LogP contribution is 2.35. The summed E-state index contributed by atoms with van der Waals surface area (Å²) in [6.07, 6.45) is 3.99. The van der Waals surface area contributed by atoms with Crippen molar-refractivity contribution in [1.29, 1.82) is 0 Å². The smallest absolute Gasteiger partial charge is 0.259 e. The minimum Gasteiger partial charge on any atom is -0.367 e. The molecule has 3 aromatic rings. The van der Waals surface area contributed by atoms with Crippen LogP contribution >= 0.6 is 0 Å². The lowest BCUT2D eigenvalue weighted by Gasteiger charge is -2.56. The molecule has 0 aromatic carbocycles. The molecule has 3 aromatic heterocycles. The first-order chi connectivity index (χ1) is 14.5. The summed E-state index contributed by atoms with van der Waals surface area (Å²) < 4.78 is 15.3. The zero-order chi connectivity index (χ0) is 21.0. The molecule has 6 rings (SSSR count). The van der Waals surface area contributed by atoms with E-state index >= 15 is 0 Å². The van der Waals surface area contributed by atoms with Crippen LogP contribution in [0.4, 0.5) is 10.1 Å². The van der Waals surface area contributed by atoms with Crippen LogP contribution in [0, 0.1) is 12.9 Å². The summed E-state index contributed by atoms with van der Waals surface area (Å²) in [5.41, 5.74) is 2.12. The largest absolute Gasteiger partial charge is 0.367 e. The van der Waals surface area contributed by atoms with Crippen LogP contribution in [-0.2, 0) is 6.54 Å². The number of aromatic nitrogens is 3. The Hall–Kier alpha value is -3.29. The molecule has 2 bridgehead atoms. The second-order valence-corrected chi connectivity index (χ2v) is 7.98. The zero-order valence-electron chi connectivity index (χ0n) is 16.9. The van der Waals surface area contributed by atoms with Gasteiger partial charge in [0.25, 0.3) is 5.91 Å². The fourth-order valence-electron chi connectivity index (χ4n) is 4.63. The van der Waals surface area contributed by atoms with E-state index in [4.69, 9.17) is 0 Å². The van der Waals surface area contributed by atoms with Crippen LogP contribution in [0.3, 0.4) is 0 Å². The van der Waals surface area contributed by atoms with Crippen molar-refractivity contribution in [2.45, 2.75) is 38.9 Å². The third-order valence-electron chi connectivity index (χ3n) is 6.13. The van der Waals surface area contributed by atoms with E-state index in [0.717, 1.165) is 17.8 Å². The van der Waals surface area contributed by atoms with E-state index in [9.17, 15) is 14.0 Å². The Morgan fingerprint density at radius 2 is 2.00 bits per heavy atom. The number of fused-ring (bicyclic) bond motifs is 3. The SMILES string of the molecule is CCn1cc(C(=O)N2C3CC2CN(c2ccnc(F)c2)C3)c(=O)c2ccc(C)nc21. The lowest BCUT2D eigenvalue weighted by atomic mass is 9.86. The van der Waals surface area contributed by atoms with Crippen molar-refractivity contribution in [2.24, 2.45) is 0 Å². The van der Waals surface area contributed by atoms with Crippen LogP contribution in [0.1, 0.15) is 29.4 Å².